The molecule has 4 nitrogen and oxygen atoms in total. The molecule has 0 radical (unpaired) electrons. The van der Waals surface area contributed by atoms with Gasteiger partial charge in [0, 0.05) is 19.6 Å². The first-order chi connectivity index (χ1) is 8.25. The Hall–Kier alpha value is -1.62. The summed E-state index contributed by atoms with van der Waals surface area (Å²) in [6.45, 7) is 3.02. The van der Waals surface area contributed by atoms with E-state index in [0.29, 0.717) is 18.8 Å². The molecule has 5 heteroatoms. The second kappa shape index (κ2) is 5.63. The first kappa shape index (κ1) is 11.9. The van der Waals surface area contributed by atoms with Crippen molar-refractivity contribution < 1.29 is 13.9 Å². The molecule has 1 heterocycles. The smallest absolute Gasteiger partial charge is 0.410 e. The summed E-state index contributed by atoms with van der Waals surface area (Å²) in [5, 5.41) is 3.20. The minimum absolute atomic E-state index is 0.344. The normalized spacial score (nSPS) is 16.4. The minimum atomic E-state index is -0.375. The van der Waals surface area contributed by atoms with Gasteiger partial charge in [0.1, 0.15) is 11.6 Å². The van der Waals surface area contributed by atoms with Crippen molar-refractivity contribution in [1.82, 2.24) is 10.2 Å². The molecule has 0 atom stereocenters. The summed E-state index contributed by atoms with van der Waals surface area (Å²) in [7, 11) is 0. The Balaban J connectivity index is 1.93. The zero-order chi connectivity index (χ0) is 12.1. The number of hydrogen-bond donors (Lipinski definition) is 1. The largest absolute Gasteiger partial charge is 0.415 e. The van der Waals surface area contributed by atoms with Gasteiger partial charge in [0.15, 0.2) is 0 Å². The zero-order valence-electron chi connectivity index (χ0n) is 9.49. The van der Waals surface area contributed by atoms with Crippen LogP contribution < -0.4 is 10.1 Å². The molecule has 0 spiro atoms. The summed E-state index contributed by atoms with van der Waals surface area (Å²) >= 11 is 0. The van der Waals surface area contributed by atoms with Gasteiger partial charge < -0.3 is 15.0 Å². The molecule has 17 heavy (non-hydrogen) atoms. The van der Waals surface area contributed by atoms with Crippen LogP contribution in [0.5, 0.6) is 5.75 Å². The highest BCUT2D eigenvalue weighted by Crippen LogP contribution is 2.12. The molecule has 1 N–H and O–H groups in total. The number of ether oxygens (including phenoxy) is 1. The average molecular weight is 238 g/mol. The maximum Gasteiger partial charge on any atom is 0.415 e. The van der Waals surface area contributed by atoms with E-state index in [-0.39, 0.29) is 11.9 Å². The molecule has 2 rings (SSSR count). The lowest BCUT2D eigenvalue weighted by atomic mass is 10.3. The molecular weight excluding hydrogens is 223 g/mol. The quantitative estimate of drug-likeness (QED) is 0.808. The van der Waals surface area contributed by atoms with Crippen LogP contribution in [0, 0.1) is 5.82 Å². The van der Waals surface area contributed by atoms with Gasteiger partial charge in [-0.25, -0.2) is 9.18 Å². The summed E-state index contributed by atoms with van der Waals surface area (Å²) in [6, 6.07) is 5.44. The first-order valence-electron chi connectivity index (χ1n) is 5.69. The standard InChI is InChI=1S/C12H15FN2O2/c13-10-2-4-11(5-3-10)17-12(16)15-8-1-6-14-7-9-15/h2-5,14H,1,6-9H2. The van der Waals surface area contributed by atoms with Gasteiger partial charge in [-0.1, -0.05) is 0 Å². The Labute approximate surface area is 99.4 Å². The monoisotopic (exact) mass is 238 g/mol. The van der Waals surface area contributed by atoms with E-state index in [1.807, 2.05) is 0 Å². The summed E-state index contributed by atoms with van der Waals surface area (Å²) in [5.74, 6) is 0.0253. The van der Waals surface area contributed by atoms with Gasteiger partial charge in [0.2, 0.25) is 0 Å². The molecule has 0 unspecified atom stereocenters. The molecule has 1 aromatic rings. The molecule has 1 amide bonds. The van der Waals surface area contributed by atoms with Gasteiger partial charge in [-0.2, -0.15) is 0 Å². The summed E-state index contributed by atoms with van der Waals surface area (Å²) in [5.41, 5.74) is 0. The maximum atomic E-state index is 12.7. The van der Waals surface area contributed by atoms with Crippen LogP contribution in [-0.4, -0.2) is 37.2 Å². The Morgan fingerprint density at radius 3 is 2.76 bits per heavy atom. The third kappa shape index (κ3) is 3.42. The van der Waals surface area contributed by atoms with Crippen LogP contribution in [0.4, 0.5) is 9.18 Å². The number of hydrogen-bond acceptors (Lipinski definition) is 3. The van der Waals surface area contributed by atoms with E-state index in [0.717, 1.165) is 19.5 Å². The van der Waals surface area contributed by atoms with Gasteiger partial charge >= 0.3 is 6.09 Å². The van der Waals surface area contributed by atoms with E-state index in [4.69, 9.17) is 4.74 Å². The number of nitrogens with zero attached hydrogens (tertiary/aromatic N) is 1. The van der Waals surface area contributed by atoms with Crippen molar-refractivity contribution in [2.75, 3.05) is 26.2 Å². The number of carbonyl (C=O) groups is 1. The molecule has 1 fully saturated rings. The van der Waals surface area contributed by atoms with Crippen LogP contribution in [0.1, 0.15) is 6.42 Å². The van der Waals surface area contributed by atoms with Crippen molar-refractivity contribution in [3.05, 3.63) is 30.1 Å². The molecule has 1 aliphatic heterocycles. The highest BCUT2D eigenvalue weighted by atomic mass is 19.1. The predicted molar refractivity (Wildman–Crippen MR) is 61.5 cm³/mol. The van der Waals surface area contributed by atoms with E-state index in [9.17, 15) is 9.18 Å². The SMILES string of the molecule is O=C(Oc1ccc(F)cc1)N1CCCNCC1. The van der Waals surface area contributed by atoms with Crippen LogP contribution in [0.15, 0.2) is 24.3 Å². The van der Waals surface area contributed by atoms with Crippen LogP contribution in [0.25, 0.3) is 0 Å². The van der Waals surface area contributed by atoms with Crippen LogP contribution in [0.2, 0.25) is 0 Å². The average Bonchev–Trinajstić information content (AvgIpc) is 2.61. The topological polar surface area (TPSA) is 41.6 Å². The number of carbonyl (C=O) groups excluding carboxylic acids is 1. The number of nitrogens with one attached hydrogen (secondary N) is 1. The van der Waals surface area contributed by atoms with Crippen LogP contribution >= 0.6 is 0 Å². The number of rotatable bonds is 1. The second-order valence-electron chi connectivity index (χ2n) is 3.91. The fourth-order valence-electron chi connectivity index (χ4n) is 1.70. The summed E-state index contributed by atoms with van der Waals surface area (Å²) in [6.07, 6.45) is 0.540. The van der Waals surface area contributed by atoms with Crippen molar-refractivity contribution in [1.29, 1.82) is 0 Å². The first-order valence-corrected chi connectivity index (χ1v) is 5.69. The molecule has 0 saturated carbocycles. The highest BCUT2D eigenvalue weighted by Gasteiger charge is 2.16. The molecular formula is C12H15FN2O2. The van der Waals surface area contributed by atoms with Gasteiger partial charge in [-0.05, 0) is 37.2 Å². The van der Waals surface area contributed by atoms with Crippen molar-refractivity contribution >= 4 is 6.09 Å². The van der Waals surface area contributed by atoms with E-state index in [1.54, 1.807) is 4.90 Å². The maximum absolute atomic E-state index is 12.7. The van der Waals surface area contributed by atoms with Crippen LogP contribution in [0.3, 0.4) is 0 Å². The Morgan fingerprint density at radius 2 is 2.00 bits per heavy atom. The fraction of sp³-hybridized carbons (Fsp3) is 0.417. The van der Waals surface area contributed by atoms with Gasteiger partial charge in [-0.15, -0.1) is 0 Å². The van der Waals surface area contributed by atoms with Crippen molar-refractivity contribution in [2.24, 2.45) is 0 Å². The number of benzene rings is 1. The zero-order valence-corrected chi connectivity index (χ0v) is 9.49. The molecule has 1 aromatic carbocycles. The molecule has 1 aliphatic rings. The molecule has 0 aromatic heterocycles. The lowest BCUT2D eigenvalue weighted by Gasteiger charge is -2.19. The minimum Gasteiger partial charge on any atom is -0.410 e. The lowest BCUT2D eigenvalue weighted by molar-refractivity contribution is 0.155. The van der Waals surface area contributed by atoms with Gasteiger partial charge in [-0.3, -0.25) is 0 Å². The third-order valence-electron chi connectivity index (χ3n) is 2.62. The molecule has 1 saturated heterocycles. The Kier molecular flexibility index (Phi) is 3.93. The van der Waals surface area contributed by atoms with Crippen molar-refractivity contribution in [3.63, 3.8) is 0 Å². The van der Waals surface area contributed by atoms with Crippen molar-refractivity contribution in [3.8, 4) is 5.75 Å². The number of halogens is 1. The van der Waals surface area contributed by atoms with Gasteiger partial charge in [0.25, 0.3) is 0 Å². The molecule has 92 valence electrons. The van der Waals surface area contributed by atoms with Crippen LogP contribution in [-0.2, 0) is 0 Å². The Bertz CT molecular complexity index is 373. The fourth-order valence-corrected chi connectivity index (χ4v) is 1.70. The summed E-state index contributed by atoms with van der Waals surface area (Å²) < 4.78 is 17.8. The lowest BCUT2D eigenvalue weighted by Crippen LogP contribution is -2.36. The van der Waals surface area contributed by atoms with E-state index < -0.39 is 0 Å². The molecule has 0 bridgehead atoms. The number of amides is 1. The Morgan fingerprint density at radius 1 is 1.24 bits per heavy atom. The van der Waals surface area contributed by atoms with E-state index in [1.165, 1.54) is 24.3 Å². The van der Waals surface area contributed by atoms with E-state index >= 15 is 0 Å². The van der Waals surface area contributed by atoms with E-state index in [2.05, 4.69) is 5.32 Å². The third-order valence-corrected chi connectivity index (χ3v) is 2.62. The molecule has 0 aliphatic carbocycles. The predicted octanol–water partition coefficient (Wildman–Crippen LogP) is 1.62. The summed E-state index contributed by atoms with van der Waals surface area (Å²) in [4.78, 5) is 13.4. The van der Waals surface area contributed by atoms with Gasteiger partial charge in [0.05, 0.1) is 0 Å². The highest BCUT2D eigenvalue weighted by molar-refractivity contribution is 5.70. The second-order valence-corrected chi connectivity index (χ2v) is 3.91. The van der Waals surface area contributed by atoms with Crippen molar-refractivity contribution in [2.45, 2.75) is 6.42 Å².